The fourth-order valence-corrected chi connectivity index (χ4v) is 0.978. The van der Waals surface area contributed by atoms with Gasteiger partial charge in [-0.2, -0.15) is 13.2 Å². The Balaban J connectivity index is 2.62. The summed E-state index contributed by atoms with van der Waals surface area (Å²) in [6.45, 7) is -0.660. The summed E-state index contributed by atoms with van der Waals surface area (Å²) in [4.78, 5) is 10.3. The molecule has 2 nitrogen and oxygen atoms in total. The maximum atomic E-state index is 12.8. The van der Waals surface area contributed by atoms with Gasteiger partial charge in [-0.25, -0.2) is 9.18 Å². The van der Waals surface area contributed by atoms with Crippen LogP contribution in [0.5, 0.6) is 0 Å². The zero-order valence-corrected chi connectivity index (χ0v) is 8.40. The summed E-state index contributed by atoms with van der Waals surface area (Å²) in [6, 6.07) is 3.31. The number of benzene rings is 1. The Kier molecular flexibility index (Phi) is 3.74. The van der Waals surface area contributed by atoms with Crippen LogP contribution in [0.2, 0.25) is 5.02 Å². The van der Waals surface area contributed by atoms with Gasteiger partial charge in [-0.3, -0.25) is 0 Å². The van der Waals surface area contributed by atoms with Gasteiger partial charge in [-0.1, -0.05) is 17.7 Å². The van der Waals surface area contributed by atoms with Crippen LogP contribution in [0.1, 0.15) is 5.56 Å². The van der Waals surface area contributed by atoms with Crippen molar-refractivity contribution in [2.45, 2.75) is 12.8 Å². The Morgan fingerprint density at radius 3 is 2.50 bits per heavy atom. The molecule has 0 N–H and O–H groups in total. The van der Waals surface area contributed by atoms with Crippen molar-refractivity contribution < 1.29 is 27.1 Å². The number of hydrogen-bond donors (Lipinski definition) is 0. The molecule has 7 heteroatoms. The molecular weight excluding hydrogens is 252 g/mol. The number of rotatable bonds is 2. The molecule has 0 fully saturated rings. The second-order valence-electron chi connectivity index (χ2n) is 2.82. The van der Waals surface area contributed by atoms with Crippen molar-refractivity contribution in [3.8, 4) is 0 Å². The first-order valence-electron chi connectivity index (χ1n) is 3.98. The van der Waals surface area contributed by atoms with Crippen LogP contribution in [0.25, 0.3) is 0 Å². The quantitative estimate of drug-likeness (QED) is 0.600. The van der Waals surface area contributed by atoms with E-state index in [2.05, 4.69) is 4.74 Å². The molecule has 88 valence electrons. The highest BCUT2D eigenvalue weighted by Gasteiger charge is 2.40. The Hall–Kier alpha value is -1.30. The average Bonchev–Trinajstić information content (AvgIpc) is 2.18. The summed E-state index contributed by atoms with van der Waals surface area (Å²) < 4.78 is 51.9. The van der Waals surface area contributed by atoms with E-state index in [0.717, 1.165) is 12.1 Å². The Labute approximate surface area is 92.8 Å². The van der Waals surface area contributed by atoms with E-state index in [4.69, 9.17) is 11.6 Å². The first-order chi connectivity index (χ1) is 7.30. The molecule has 0 aliphatic rings. The molecule has 1 rings (SSSR count). The Morgan fingerprint density at radius 1 is 1.38 bits per heavy atom. The van der Waals surface area contributed by atoms with Crippen LogP contribution >= 0.6 is 11.6 Å². The Bertz CT molecular complexity index is 403. The second kappa shape index (κ2) is 4.69. The van der Waals surface area contributed by atoms with Crippen molar-refractivity contribution in [2.24, 2.45) is 0 Å². The minimum absolute atomic E-state index is 0.0829. The molecule has 0 saturated carbocycles. The van der Waals surface area contributed by atoms with Gasteiger partial charge in [0, 0.05) is 0 Å². The largest absolute Gasteiger partial charge is 0.490 e. The van der Waals surface area contributed by atoms with Gasteiger partial charge >= 0.3 is 12.1 Å². The summed E-state index contributed by atoms with van der Waals surface area (Å²) in [5.74, 6) is -3.11. The third-order valence-corrected chi connectivity index (χ3v) is 1.89. The molecule has 1 aromatic rings. The lowest BCUT2D eigenvalue weighted by Crippen LogP contribution is -2.25. The zero-order valence-electron chi connectivity index (χ0n) is 7.65. The van der Waals surface area contributed by atoms with Gasteiger partial charge in [-0.15, -0.1) is 0 Å². The topological polar surface area (TPSA) is 26.3 Å². The molecule has 0 heterocycles. The van der Waals surface area contributed by atoms with Crippen LogP contribution in [-0.2, 0) is 16.1 Å². The molecule has 0 aliphatic heterocycles. The summed E-state index contributed by atoms with van der Waals surface area (Å²) in [6.07, 6.45) is -5.05. The van der Waals surface area contributed by atoms with Crippen LogP contribution in [0.3, 0.4) is 0 Å². The predicted molar refractivity (Wildman–Crippen MR) is 47.3 cm³/mol. The summed E-state index contributed by atoms with van der Waals surface area (Å²) >= 11 is 5.35. The van der Waals surface area contributed by atoms with Crippen molar-refractivity contribution in [2.75, 3.05) is 0 Å². The molecule has 0 aromatic heterocycles. The van der Waals surface area contributed by atoms with Crippen molar-refractivity contribution >= 4 is 17.6 Å². The minimum atomic E-state index is -5.05. The van der Waals surface area contributed by atoms with Crippen LogP contribution < -0.4 is 0 Å². The number of alkyl halides is 3. The number of hydrogen-bond acceptors (Lipinski definition) is 2. The SMILES string of the molecule is O=C(OCc1ccc(Cl)c(F)c1)C(F)(F)F. The molecule has 0 atom stereocenters. The number of esters is 1. The fraction of sp³-hybridized carbons (Fsp3) is 0.222. The average molecular weight is 257 g/mol. The maximum Gasteiger partial charge on any atom is 0.490 e. The lowest BCUT2D eigenvalue weighted by Gasteiger charge is -2.07. The highest BCUT2D eigenvalue weighted by atomic mass is 35.5. The van der Waals surface area contributed by atoms with Crippen molar-refractivity contribution in [1.29, 1.82) is 0 Å². The van der Waals surface area contributed by atoms with E-state index in [1.54, 1.807) is 0 Å². The van der Waals surface area contributed by atoms with E-state index in [0.29, 0.717) is 0 Å². The van der Waals surface area contributed by atoms with Crippen LogP contribution in [0, 0.1) is 5.82 Å². The normalized spacial score (nSPS) is 11.3. The van der Waals surface area contributed by atoms with Gasteiger partial charge in [0.2, 0.25) is 0 Å². The van der Waals surface area contributed by atoms with E-state index in [9.17, 15) is 22.4 Å². The monoisotopic (exact) mass is 256 g/mol. The summed E-state index contributed by atoms with van der Waals surface area (Å²) in [7, 11) is 0. The number of carbonyl (C=O) groups is 1. The van der Waals surface area contributed by atoms with Gasteiger partial charge in [0.05, 0.1) is 5.02 Å². The number of halogens is 5. The van der Waals surface area contributed by atoms with Gasteiger partial charge in [0.1, 0.15) is 12.4 Å². The molecule has 0 unspecified atom stereocenters. The molecule has 0 aliphatic carbocycles. The van der Waals surface area contributed by atoms with E-state index in [1.165, 1.54) is 6.07 Å². The van der Waals surface area contributed by atoms with E-state index < -0.39 is 24.6 Å². The third kappa shape index (κ3) is 3.37. The smallest absolute Gasteiger partial charge is 0.454 e. The van der Waals surface area contributed by atoms with Gasteiger partial charge in [0.25, 0.3) is 0 Å². The van der Waals surface area contributed by atoms with Crippen LogP contribution in [-0.4, -0.2) is 12.1 Å². The standard InChI is InChI=1S/C9H5ClF4O2/c10-6-2-1-5(3-7(6)11)4-16-8(15)9(12,13)14/h1-3H,4H2. The van der Waals surface area contributed by atoms with E-state index >= 15 is 0 Å². The predicted octanol–water partition coefficient (Wildman–Crippen LogP) is 3.08. The number of ether oxygens (including phenoxy) is 1. The van der Waals surface area contributed by atoms with Gasteiger partial charge in [-0.05, 0) is 17.7 Å². The first kappa shape index (κ1) is 12.8. The van der Waals surface area contributed by atoms with E-state index in [-0.39, 0.29) is 10.6 Å². The van der Waals surface area contributed by atoms with Crippen molar-refractivity contribution in [3.63, 3.8) is 0 Å². The zero-order chi connectivity index (χ0) is 12.3. The second-order valence-corrected chi connectivity index (χ2v) is 3.23. The molecule has 0 saturated heterocycles. The minimum Gasteiger partial charge on any atom is -0.454 e. The molecule has 16 heavy (non-hydrogen) atoms. The molecule has 1 aromatic carbocycles. The summed E-state index contributed by atoms with van der Waals surface area (Å²) in [5, 5.41) is -0.161. The highest BCUT2D eigenvalue weighted by Crippen LogP contribution is 2.19. The first-order valence-corrected chi connectivity index (χ1v) is 4.36. The lowest BCUT2D eigenvalue weighted by molar-refractivity contribution is -0.201. The number of carbonyl (C=O) groups excluding carboxylic acids is 1. The fourth-order valence-electron chi connectivity index (χ4n) is 0.860. The third-order valence-electron chi connectivity index (χ3n) is 1.59. The van der Waals surface area contributed by atoms with Crippen LogP contribution in [0.4, 0.5) is 17.6 Å². The molecule has 0 radical (unpaired) electrons. The highest BCUT2D eigenvalue weighted by molar-refractivity contribution is 6.30. The molecular formula is C9H5ClF4O2. The Morgan fingerprint density at radius 2 is 2.00 bits per heavy atom. The van der Waals surface area contributed by atoms with Crippen LogP contribution in [0.15, 0.2) is 18.2 Å². The molecule has 0 amide bonds. The lowest BCUT2D eigenvalue weighted by atomic mass is 10.2. The molecule has 0 bridgehead atoms. The van der Waals surface area contributed by atoms with Gasteiger partial charge in [0.15, 0.2) is 0 Å². The van der Waals surface area contributed by atoms with E-state index in [1.807, 2.05) is 0 Å². The molecule has 0 spiro atoms. The van der Waals surface area contributed by atoms with Crippen molar-refractivity contribution in [1.82, 2.24) is 0 Å². The maximum absolute atomic E-state index is 12.8. The van der Waals surface area contributed by atoms with Gasteiger partial charge < -0.3 is 4.74 Å². The summed E-state index contributed by atoms with van der Waals surface area (Å²) in [5.41, 5.74) is 0.0829. The van der Waals surface area contributed by atoms with Crippen molar-refractivity contribution in [3.05, 3.63) is 34.6 Å².